The van der Waals surface area contributed by atoms with Gasteiger partial charge in [-0.25, -0.2) is 0 Å². The van der Waals surface area contributed by atoms with E-state index in [-0.39, 0.29) is 5.91 Å². The van der Waals surface area contributed by atoms with Gasteiger partial charge in [-0.1, -0.05) is 12.8 Å². The van der Waals surface area contributed by atoms with Crippen molar-refractivity contribution in [3.63, 3.8) is 0 Å². The lowest BCUT2D eigenvalue weighted by molar-refractivity contribution is -0.314. The summed E-state index contributed by atoms with van der Waals surface area (Å²) >= 11 is 0. The predicted octanol–water partition coefficient (Wildman–Crippen LogP) is 0.384. The van der Waals surface area contributed by atoms with Gasteiger partial charge in [0.2, 0.25) is 5.91 Å². The van der Waals surface area contributed by atoms with Crippen molar-refractivity contribution in [1.82, 2.24) is 15.1 Å². The first-order chi connectivity index (χ1) is 10.0. The number of carbonyl (C=O) groups is 2. The minimum Gasteiger partial charge on any atom is -0.550 e. The van der Waals surface area contributed by atoms with Gasteiger partial charge in [-0.2, -0.15) is 5.10 Å². The molecule has 1 amide bonds. The van der Waals surface area contributed by atoms with Crippen molar-refractivity contribution in [2.75, 3.05) is 0 Å². The Bertz CT molecular complexity index is 524. The molecule has 0 radical (unpaired) electrons. The van der Waals surface area contributed by atoms with Gasteiger partial charge in [-0.3, -0.25) is 9.48 Å². The van der Waals surface area contributed by atoms with Gasteiger partial charge in [0.1, 0.15) is 0 Å². The van der Waals surface area contributed by atoms with Crippen LogP contribution < -0.4 is 10.4 Å². The summed E-state index contributed by atoms with van der Waals surface area (Å²) in [6.07, 6.45) is 4.65. The molecule has 0 aromatic carbocycles. The van der Waals surface area contributed by atoms with E-state index in [0.717, 1.165) is 30.6 Å². The second-order valence-electron chi connectivity index (χ2n) is 5.61. The van der Waals surface area contributed by atoms with Gasteiger partial charge in [0.25, 0.3) is 0 Å². The summed E-state index contributed by atoms with van der Waals surface area (Å²) in [6.45, 7) is 5.15. The van der Waals surface area contributed by atoms with Crippen LogP contribution in [-0.4, -0.2) is 21.7 Å². The number of hydrogen-bond acceptors (Lipinski definition) is 4. The molecule has 1 aromatic heterocycles. The van der Waals surface area contributed by atoms with Crippen LogP contribution >= 0.6 is 0 Å². The van der Waals surface area contributed by atoms with E-state index in [1.165, 1.54) is 0 Å². The van der Waals surface area contributed by atoms with Crippen LogP contribution in [0.15, 0.2) is 6.20 Å². The molecule has 2 rings (SSSR count). The number of hydrogen-bond donors (Lipinski definition) is 1. The van der Waals surface area contributed by atoms with Crippen LogP contribution in [0.1, 0.15) is 43.9 Å². The second kappa shape index (κ2) is 6.74. The number of carbonyl (C=O) groups excluding carboxylic acids is 2. The Morgan fingerprint density at radius 1 is 1.38 bits per heavy atom. The maximum atomic E-state index is 12.2. The fourth-order valence-electron chi connectivity index (χ4n) is 3.02. The van der Waals surface area contributed by atoms with Crippen LogP contribution in [0.25, 0.3) is 0 Å². The van der Waals surface area contributed by atoms with Crippen molar-refractivity contribution in [2.45, 2.75) is 52.6 Å². The zero-order valence-corrected chi connectivity index (χ0v) is 12.6. The molecule has 0 unspecified atom stereocenters. The van der Waals surface area contributed by atoms with E-state index in [1.54, 1.807) is 6.20 Å². The molecule has 1 fully saturated rings. The summed E-state index contributed by atoms with van der Waals surface area (Å²) in [5, 5.41) is 18.2. The molecular weight excluding hydrogens is 270 g/mol. The molecule has 1 aromatic rings. The third-order valence-electron chi connectivity index (χ3n) is 4.36. The lowest BCUT2D eigenvalue weighted by atomic mass is 9.78. The van der Waals surface area contributed by atoms with Crippen LogP contribution in [0.5, 0.6) is 0 Å². The molecule has 0 saturated heterocycles. The SMILES string of the molecule is CCn1ncc(CNC(=O)[C@@H]2CCCC[C@@H]2C(=O)[O-])c1C. The van der Waals surface area contributed by atoms with Gasteiger partial charge in [-0.15, -0.1) is 0 Å². The highest BCUT2D eigenvalue weighted by atomic mass is 16.4. The molecule has 0 aliphatic heterocycles. The van der Waals surface area contributed by atoms with Crippen LogP contribution in [0.4, 0.5) is 0 Å². The largest absolute Gasteiger partial charge is 0.550 e. The highest BCUT2D eigenvalue weighted by Crippen LogP contribution is 2.29. The minimum absolute atomic E-state index is 0.187. The van der Waals surface area contributed by atoms with E-state index >= 15 is 0 Å². The predicted molar refractivity (Wildman–Crippen MR) is 74.9 cm³/mol. The number of aryl methyl sites for hydroxylation is 1. The first-order valence-corrected chi connectivity index (χ1v) is 7.54. The number of rotatable bonds is 5. The van der Waals surface area contributed by atoms with Gasteiger partial charge in [0.15, 0.2) is 0 Å². The molecule has 116 valence electrons. The van der Waals surface area contributed by atoms with Crippen LogP contribution in [0.2, 0.25) is 0 Å². The Labute approximate surface area is 124 Å². The molecule has 1 aliphatic rings. The number of carboxylic acid groups (broad SMARTS) is 1. The smallest absolute Gasteiger partial charge is 0.224 e. The molecule has 1 aliphatic carbocycles. The maximum absolute atomic E-state index is 12.2. The normalized spacial score (nSPS) is 22.0. The lowest BCUT2D eigenvalue weighted by Gasteiger charge is -2.31. The molecule has 0 bridgehead atoms. The number of amides is 1. The number of aliphatic carboxylic acids is 1. The molecule has 1 heterocycles. The van der Waals surface area contributed by atoms with E-state index in [4.69, 9.17) is 0 Å². The van der Waals surface area contributed by atoms with Crippen LogP contribution in [0.3, 0.4) is 0 Å². The van der Waals surface area contributed by atoms with Gasteiger partial charge < -0.3 is 15.2 Å². The first kappa shape index (κ1) is 15.5. The van der Waals surface area contributed by atoms with Crippen molar-refractivity contribution in [2.24, 2.45) is 11.8 Å². The highest BCUT2D eigenvalue weighted by molar-refractivity contribution is 5.84. The average molecular weight is 292 g/mol. The standard InChI is InChI=1S/C15H23N3O3/c1-3-18-10(2)11(9-17-18)8-16-14(19)12-6-4-5-7-13(12)15(20)21/h9,12-13H,3-8H2,1-2H3,(H,16,19)(H,20,21)/p-1/t12-,13+/m1/s1. The van der Waals surface area contributed by atoms with E-state index in [0.29, 0.717) is 19.4 Å². The van der Waals surface area contributed by atoms with Crippen molar-refractivity contribution >= 4 is 11.9 Å². The summed E-state index contributed by atoms with van der Waals surface area (Å²) in [5.41, 5.74) is 1.99. The van der Waals surface area contributed by atoms with Crippen molar-refractivity contribution < 1.29 is 14.7 Å². The van der Waals surface area contributed by atoms with Gasteiger partial charge in [-0.05, 0) is 26.7 Å². The van der Waals surface area contributed by atoms with Crippen molar-refractivity contribution in [3.8, 4) is 0 Å². The van der Waals surface area contributed by atoms with Crippen LogP contribution in [-0.2, 0) is 22.7 Å². The third kappa shape index (κ3) is 3.43. The number of aromatic nitrogens is 2. The molecule has 1 N–H and O–H groups in total. The van der Waals surface area contributed by atoms with Crippen LogP contribution in [0, 0.1) is 18.8 Å². The van der Waals surface area contributed by atoms with Gasteiger partial charge >= 0.3 is 0 Å². The quantitative estimate of drug-likeness (QED) is 0.850. The summed E-state index contributed by atoms with van der Waals surface area (Å²) in [5.74, 6) is -2.42. The molecule has 2 atom stereocenters. The van der Waals surface area contributed by atoms with E-state index in [2.05, 4.69) is 10.4 Å². The van der Waals surface area contributed by atoms with E-state index in [9.17, 15) is 14.7 Å². The fourth-order valence-corrected chi connectivity index (χ4v) is 3.02. The second-order valence-corrected chi connectivity index (χ2v) is 5.61. The monoisotopic (exact) mass is 292 g/mol. The molecule has 6 nitrogen and oxygen atoms in total. The average Bonchev–Trinajstić information content (AvgIpc) is 2.85. The fraction of sp³-hybridized carbons (Fsp3) is 0.667. The third-order valence-corrected chi connectivity index (χ3v) is 4.36. The molecule has 1 saturated carbocycles. The Hall–Kier alpha value is -1.85. The minimum atomic E-state index is -1.11. The van der Waals surface area contributed by atoms with E-state index < -0.39 is 17.8 Å². The zero-order valence-electron chi connectivity index (χ0n) is 12.6. The Kier molecular flexibility index (Phi) is 4.98. The van der Waals surface area contributed by atoms with Gasteiger partial charge in [0, 0.05) is 42.2 Å². The highest BCUT2D eigenvalue weighted by Gasteiger charge is 2.31. The van der Waals surface area contributed by atoms with Gasteiger partial charge in [0.05, 0.1) is 6.20 Å². The summed E-state index contributed by atoms with van der Waals surface area (Å²) in [6, 6.07) is 0. The summed E-state index contributed by atoms with van der Waals surface area (Å²) in [4.78, 5) is 23.4. The molecule has 21 heavy (non-hydrogen) atoms. The summed E-state index contributed by atoms with van der Waals surface area (Å²) in [7, 11) is 0. The van der Waals surface area contributed by atoms with E-state index in [1.807, 2.05) is 18.5 Å². The number of carboxylic acids is 1. The van der Waals surface area contributed by atoms with Crippen molar-refractivity contribution in [3.05, 3.63) is 17.5 Å². The zero-order chi connectivity index (χ0) is 15.4. The lowest BCUT2D eigenvalue weighted by Crippen LogP contribution is -2.44. The Morgan fingerprint density at radius 2 is 2.05 bits per heavy atom. The maximum Gasteiger partial charge on any atom is 0.224 e. The molecular formula is C15H22N3O3-. The summed E-state index contributed by atoms with van der Waals surface area (Å²) < 4.78 is 1.87. The van der Waals surface area contributed by atoms with Crippen molar-refractivity contribution in [1.29, 1.82) is 0 Å². The first-order valence-electron chi connectivity index (χ1n) is 7.54. The number of nitrogens with one attached hydrogen (secondary N) is 1. The topological polar surface area (TPSA) is 87.0 Å². The Morgan fingerprint density at radius 3 is 2.62 bits per heavy atom. The number of nitrogens with zero attached hydrogens (tertiary/aromatic N) is 2. The molecule has 6 heteroatoms. The Balaban J connectivity index is 1.97. The molecule has 0 spiro atoms.